The summed E-state index contributed by atoms with van der Waals surface area (Å²) in [4.78, 5) is 15.1. The maximum Gasteiger partial charge on any atom is 0.304 e. The van der Waals surface area contributed by atoms with Crippen molar-refractivity contribution in [2.75, 3.05) is 13.7 Å². The van der Waals surface area contributed by atoms with E-state index in [2.05, 4.69) is 4.98 Å². The molecule has 2 atom stereocenters. The van der Waals surface area contributed by atoms with Gasteiger partial charge in [0.25, 0.3) is 0 Å². The predicted octanol–water partition coefficient (Wildman–Crippen LogP) is 5.04. The summed E-state index contributed by atoms with van der Waals surface area (Å²) in [7, 11) is 1.53. The van der Waals surface area contributed by atoms with Gasteiger partial charge in [0.15, 0.2) is 0 Å². The number of hydrogen-bond donors (Lipinski definition) is 1. The van der Waals surface area contributed by atoms with Crippen molar-refractivity contribution in [3.8, 4) is 28.9 Å². The third-order valence-electron chi connectivity index (χ3n) is 5.95. The number of aliphatic carboxylic acids is 1. The molecule has 0 amide bonds. The van der Waals surface area contributed by atoms with Gasteiger partial charge in [0, 0.05) is 40.9 Å². The minimum Gasteiger partial charge on any atom is -0.492 e. The van der Waals surface area contributed by atoms with Crippen molar-refractivity contribution < 1.29 is 33.2 Å². The number of nitrogens with zero attached hydrogens (tertiary/aromatic N) is 1. The fourth-order valence-electron chi connectivity index (χ4n) is 4.42. The summed E-state index contributed by atoms with van der Waals surface area (Å²) in [6.07, 6.45) is 2.34. The Labute approximate surface area is 189 Å². The number of ether oxygens (including phenoxy) is 4. The Morgan fingerprint density at radius 3 is 2.91 bits per heavy atom. The Morgan fingerprint density at radius 1 is 1.21 bits per heavy atom. The van der Waals surface area contributed by atoms with E-state index in [1.807, 2.05) is 6.07 Å². The van der Waals surface area contributed by atoms with Crippen LogP contribution in [0.25, 0.3) is 0 Å². The molecular weight excluding hydrogens is 429 g/mol. The van der Waals surface area contributed by atoms with Crippen molar-refractivity contribution in [2.24, 2.45) is 0 Å². The van der Waals surface area contributed by atoms with Crippen LogP contribution in [0.2, 0.25) is 0 Å². The summed E-state index contributed by atoms with van der Waals surface area (Å²) < 4.78 is 37.8. The smallest absolute Gasteiger partial charge is 0.304 e. The lowest BCUT2D eigenvalue weighted by molar-refractivity contribution is -0.137. The third kappa shape index (κ3) is 4.16. The number of pyridine rings is 1. The highest BCUT2D eigenvalue weighted by molar-refractivity contribution is 5.68. The van der Waals surface area contributed by atoms with E-state index >= 15 is 0 Å². The molecule has 0 saturated carbocycles. The zero-order chi connectivity index (χ0) is 22.9. The maximum atomic E-state index is 14.8. The lowest BCUT2D eigenvalue weighted by atomic mass is 9.98. The van der Waals surface area contributed by atoms with Gasteiger partial charge in [-0.1, -0.05) is 6.07 Å². The molecule has 170 valence electrons. The van der Waals surface area contributed by atoms with Crippen LogP contribution in [0.15, 0.2) is 48.7 Å². The number of carbonyl (C=O) groups is 1. The van der Waals surface area contributed by atoms with Crippen molar-refractivity contribution in [1.82, 2.24) is 4.98 Å². The Kier molecular flexibility index (Phi) is 5.50. The number of aromatic nitrogens is 1. The molecule has 1 aromatic heterocycles. The van der Waals surface area contributed by atoms with Crippen molar-refractivity contribution >= 4 is 5.97 Å². The fraction of sp³-hybridized carbons (Fsp3) is 0.280. The van der Waals surface area contributed by atoms with Crippen molar-refractivity contribution in [3.05, 3.63) is 71.2 Å². The summed E-state index contributed by atoms with van der Waals surface area (Å²) in [5.74, 6) is 1.32. The molecule has 2 aliphatic rings. The number of hydrogen-bond acceptors (Lipinski definition) is 6. The Morgan fingerprint density at radius 2 is 2.09 bits per heavy atom. The number of methoxy groups -OCH3 is 1. The van der Waals surface area contributed by atoms with Crippen LogP contribution in [-0.4, -0.2) is 29.8 Å². The first kappa shape index (κ1) is 21.1. The topological polar surface area (TPSA) is 87.1 Å². The summed E-state index contributed by atoms with van der Waals surface area (Å²) in [6, 6.07) is 11.7. The molecule has 0 bridgehead atoms. The second-order valence-corrected chi connectivity index (χ2v) is 8.02. The standard InChI is InChI=1S/C25H22FNO6/c1-30-23-12-16(8-9-27-23)32-20-7-5-19(26)25-18(20)4-6-21(25)33-15-2-3-17-14(10-24(28)29)13-31-22(17)11-15/h2-3,5,7-9,11-12,14,21H,4,6,10,13H2,1H3,(H,28,29)/t14-,21-/m1/s1. The van der Waals surface area contributed by atoms with Gasteiger partial charge in [-0.25, -0.2) is 9.37 Å². The first-order valence-electron chi connectivity index (χ1n) is 10.7. The molecule has 8 heteroatoms. The Hall–Kier alpha value is -3.81. The van der Waals surface area contributed by atoms with E-state index in [0.29, 0.717) is 53.9 Å². The van der Waals surface area contributed by atoms with Crippen LogP contribution < -0.4 is 18.9 Å². The van der Waals surface area contributed by atoms with Crippen LogP contribution in [0.1, 0.15) is 41.6 Å². The summed E-state index contributed by atoms with van der Waals surface area (Å²) in [6.45, 7) is 0.326. The van der Waals surface area contributed by atoms with Crippen molar-refractivity contribution in [2.45, 2.75) is 31.3 Å². The highest BCUT2D eigenvalue weighted by atomic mass is 19.1. The minimum absolute atomic E-state index is 0.0144. The average Bonchev–Trinajstić information content (AvgIpc) is 3.40. The van der Waals surface area contributed by atoms with E-state index in [-0.39, 0.29) is 18.2 Å². The molecule has 33 heavy (non-hydrogen) atoms. The lowest BCUT2D eigenvalue weighted by Crippen LogP contribution is -2.07. The number of benzene rings is 2. The van der Waals surface area contributed by atoms with Gasteiger partial charge in [0.1, 0.15) is 34.9 Å². The molecule has 0 spiro atoms. The van der Waals surface area contributed by atoms with Gasteiger partial charge in [-0.2, -0.15) is 0 Å². The second kappa shape index (κ2) is 8.61. The first-order chi connectivity index (χ1) is 16.0. The van der Waals surface area contributed by atoms with Gasteiger partial charge in [0.05, 0.1) is 20.1 Å². The third-order valence-corrected chi connectivity index (χ3v) is 5.95. The highest BCUT2D eigenvalue weighted by Gasteiger charge is 2.32. The zero-order valence-electron chi connectivity index (χ0n) is 17.9. The van der Waals surface area contributed by atoms with E-state index in [1.54, 1.807) is 36.5 Å². The van der Waals surface area contributed by atoms with Gasteiger partial charge in [-0.05, 0) is 37.1 Å². The van der Waals surface area contributed by atoms with Crippen molar-refractivity contribution in [3.63, 3.8) is 0 Å². The van der Waals surface area contributed by atoms with E-state index < -0.39 is 12.1 Å². The summed E-state index contributed by atoms with van der Waals surface area (Å²) >= 11 is 0. The number of carboxylic acid groups (broad SMARTS) is 1. The van der Waals surface area contributed by atoms with Crippen LogP contribution in [0.4, 0.5) is 4.39 Å². The molecular formula is C25H22FNO6. The van der Waals surface area contributed by atoms with E-state index in [0.717, 1.165) is 11.1 Å². The second-order valence-electron chi connectivity index (χ2n) is 8.02. The molecule has 0 radical (unpaired) electrons. The molecule has 0 fully saturated rings. The van der Waals surface area contributed by atoms with Crippen LogP contribution >= 0.6 is 0 Å². The molecule has 1 N–H and O–H groups in total. The van der Waals surface area contributed by atoms with Gasteiger partial charge in [-0.15, -0.1) is 0 Å². The fourth-order valence-corrected chi connectivity index (χ4v) is 4.42. The Bertz CT molecular complexity index is 1210. The SMILES string of the molecule is COc1cc(Oc2ccc(F)c3c2CC[C@H]3Oc2ccc3c(c2)OC[C@H]3CC(=O)O)ccn1. The summed E-state index contributed by atoms with van der Waals surface area (Å²) in [5, 5.41) is 9.07. The van der Waals surface area contributed by atoms with E-state index in [1.165, 1.54) is 13.2 Å². The zero-order valence-corrected chi connectivity index (χ0v) is 17.9. The molecule has 1 aliphatic carbocycles. The predicted molar refractivity (Wildman–Crippen MR) is 116 cm³/mol. The molecule has 3 aromatic rings. The minimum atomic E-state index is -0.863. The largest absolute Gasteiger partial charge is 0.492 e. The molecule has 7 nitrogen and oxygen atoms in total. The van der Waals surface area contributed by atoms with Crippen molar-refractivity contribution in [1.29, 1.82) is 0 Å². The number of halogens is 1. The summed E-state index contributed by atoms with van der Waals surface area (Å²) in [5.41, 5.74) is 2.11. The van der Waals surface area contributed by atoms with Crippen LogP contribution in [0.3, 0.4) is 0 Å². The van der Waals surface area contributed by atoms with Crippen LogP contribution in [0.5, 0.6) is 28.9 Å². The molecule has 2 heterocycles. The lowest BCUT2D eigenvalue weighted by Gasteiger charge is -2.17. The molecule has 5 rings (SSSR count). The molecule has 2 aromatic carbocycles. The van der Waals surface area contributed by atoms with E-state index in [4.69, 9.17) is 24.1 Å². The van der Waals surface area contributed by atoms with Gasteiger partial charge in [0.2, 0.25) is 5.88 Å². The average molecular weight is 451 g/mol. The quantitative estimate of drug-likeness (QED) is 0.539. The first-order valence-corrected chi connectivity index (χ1v) is 10.7. The Balaban J connectivity index is 1.37. The van der Waals surface area contributed by atoms with Gasteiger partial charge >= 0.3 is 5.97 Å². The van der Waals surface area contributed by atoms with Crippen LogP contribution in [0, 0.1) is 5.82 Å². The maximum absolute atomic E-state index is 14.8. The monoisotopic (exact) mass is 451 g/mol. The van der Waals surface area contributed by atoms with E-state index in [9.17, 15) is 9.18 Å². The highest BCUT2D eigenvalue weighted by Crippen LogP contribution is 2.44. The normalized spacial score (nSPS) is 18.2. The number of fused-ring (bicyclic) bond motifs is 2. The van der Waals surface area contributed by atoms with Crippen LogP contribution in [-0.2, 0) is 11.2 Å². The van der Waals surface area contributed by atoms with Gasteiger partial charge < -0.3 is 24.1 Å². The van der Waals surface area contributed by atoms with Gasteiger partial charge in [-0.3, -0.25) is 4.79 Å². The molecule has 0 unspecified atom stereocenters. The number of rotatable bonds is 7. The number of carboxylic acids is 1. The molecule has 1 aliphatic heterocycles. The molecule has 0 saturated heterocycles.